The van der Waals surface area contributed by atoms with E-state index in [0.717, 1.165) is 37.2 Å². The van der Waals surface area contributed by atoms with Crippen molar-refractivity contribution in [3.05, 3.63) is 23.7 Å². The van der Waals surface area contributed by atoms with Gasteiger partial charge in [-0.25, -0.2) is 0 Å². The molecule has 0 atom stereocenters. The summed E-state index contributed by atoms with van der Waals surface area (Å²) in [6.45, 7) is 2.52. The number of hydrogen-bond acceptors (Lipinski definition) is 2. The van der Waals surface area contributed by atoms with Crippen LogP contribution in [0.15, 0.2) is 16.5 Å². The average Bonchev–Trinajstić information content (AvgIpc) is 2.74. The van der Waals surface area contributed by atoms with Crippen LogP contribution in [0.5, 0.6) is 0 Å². The first-order valence-electron chi connectivity index (χ1n) is 6.55. The fraction of sp³-hybridized carbons (Fsp3) is 0.714. The highest BCUT2D eigenvalue weighted by molar-refractivity contribution is 5.07. The summed E-state index contributed by atoms with van der Waals surface area (Å²) in [5.41, 5.74) is 0. The minimum atomic E-state index is 0.321. The Balaban J connectivity index is 2.14. The Bertz CT molecular complexity index is 265. The molecule has 0 aromatic carbocycles. The lowest BCUT2D eigenvalue weighted by atomic mass is 10.1. The number of rotatable bonds is 9. The van der Waals surface area contributed by atoms with E-state index < -0.39 is 0 Å². The van der Waals surface area contributed by atoms with E-state index in [4.69, 9.17) is 9.52 Å². The molecule has 0 fully saturated rings. The highest BCUT2D eigenvalue weighted by Crippen LogP contribution is 2.14. The molecule has 0 radical (unpaired) electrons. The second-order valence-corrected chi connectivity index (χ2v) is 4.36. The van der Waals surface area contributed by atoms with Crippen LogP contribution in [-0.4, -0.2) is 11.7 Å². The number of aliphatic hydroxyl groups excluding tert-OH is 1. The first-order chi connectivity index (χ1) is 7.86. The van der Waals surface area contributed by atoms with E-state index in [9.17, 15) is 0 Å². The van der Waals surface area contributed by atoms with Crippen molar-refractivity contribution in [3.8, 4) is 0 Å². The summed E-state index contributed by atoms with van der Waals surface area (Å²) in [6, 6.07) is 4.22. The van der Waals surface area contributed by atoms with Crippen LogP contribution < -0.4 is 0 Å². The molecule has 0 bridgehead atoms. The van der Waals surface area contributed by atoms with E-state index in [0.29, 0.717) is 6.61 Å². The lowest BCUT2D eigenvalue weighted by Gasteiger charge is -1.98. The minimum Gasteiger partial charge on any atom is -0.466 e. The molecule has 1 aromatic rings. The zero-order valence-electron chi connectivity index (χ0n) is 10.4. The molecule has 1 heterocycles. The molecule has 0 aliphatic carbocycles. The molecule has 1 rings (SSSR count). The van der Waals surface area contributed by atoms with Crippen molar-refractivity contribution < 1.29 is 9.52 Å². The van der Waals surface area contributed by atoms with E-state index in [-0.39, 0.29) is 0 Å². The van der Waals surface area contributed by atoms with Crippen molar-refractivity contribution in [2.45, 2.75) is 58.3 Å². The number of aryl methyl sites for hydroxylation is 2. The molecule has 92 valence electrons. The Morgan fingerprint density at radius 1 is 0.938 bits per heavy atom. The Labute approximate surface area is 98.7 Å². The van der Waals surface area contributed by atoms with Crippen LogP contribution in [0.1, 0.15) is 57.0 Å². The van der Waals surface area contributed by atoms with Gasteiger partial charge in [0.15, 0.2) is 0 Å². The van der Waals surface area contributed by atoms with Crippen molar-refractivity contribution in [2.24, 2.45) is 0 Å². The number of aliphatic hydroxyl groups is 1. The minimum absolute atomic E-state index is 0.321. The first kappa shape index (κ1) is 13.3. The van der Waals surface area contributed by atoms with Crippen LogP contribution in [0, 0.1) is 0 Å². The highest BCUT2D eigenvalue weighted by atomic mass is 16.3. The summed E-state index contributed by atoms with van der Waals surface area (Å²) < 4.78 is 5.74. The lowest BCUT2D eigenvalue weighted by molar-refractivity contribution is 0.282. The Hall–Kier alpha value is -0.760. The monoisotopic (exact) mass is 224 g/mol. The molecule has 0 unspecified atom stereocenters. The van der Waals surface area contributed by atoms with Crippen molar-refractivity contribution in [2.75, 3.05) is 6.61 Å². The highest BCUT2D eigenvalue weighted by Gasteiger charge is 2.01. The van der Waals surface area contributed by atoms with Gasteiger partial charge >= 0.3 is 0 Å². The number of unbranched alkanes of at least 4 members (excludes halogenated alkanes) is 4. The molecule has 0 aliphatic heterocycles. The van der Waals surface area contributed by atoms with Gasteiger partial charge in [-0.3, -0.25) is 0 Å². The van der Waals surface area contributed by atoms with Gasteiger partial charge in [-0.2, -0.15) is 0 Å². The molecule has 2 heteroatoms. The maximum absolute atomic E-state index is 8.65. The van der Waals surface area contributed by atoms with Gasteiger partial charge < -0.3 is 9.52 Å². The maximum Gasteiger partial charge on any atom is 0.104 e. The molecule has 2 nitrogen and oxygen atoms in total. The maximum atomic E-state index is 8.65. The predicted octanol–water partition coefficient (Wildman–Crippen LogP) is 3.72. The zero-order chi connectivity index (χ0) is 11.6. The van der Waals surface area contributed by atoms with Gasteiger partial charge in [0.05, 0.1) is 0 Å². The van der Waals surface area contributed by atoms with Crippen LogP contribution in [0.3, 0.4) is 0 Å². The van der Waals surface area contributed by atoms with Gasteiger partial charge in [-0.05, 0) is 31.4 Å². The topological polar surface area (TPSA) is 33.4 Å². The van der Waals surface area contributed by atoms with Crippen LogP contribution >= 0.6 is 0 Å². The molecule has 0 spiro atoms. The van der Waals surface area contributed by atoms with Gasteiger partial charge in [0.2, 0.25) is 0 Å². The van der Waals surface area contributed by atoms with Gasteiger partial charge in [0, 0.05) is 19.4 Å². The van der Waals surface area contributed by atoms with Gasteiger partial charge in [-0.15, -0.1) is 0 Å². The molecule has 0 aliphatic rings. The quantitative estimate of drug-likeness (QED) is 0.649. The summed E-state index contributed by atoms with van der Waals surface area (Å²) in [4.78, 5) is 0. The van der Waals surface area contributed by atoms with E-state index in [1.807, 2.05) is 0 Å². The second kappa shape index (κ2) is 8.40. The fourth-order valence-corrected chi connectivity index (χ4v) is 1.81. The molecule has 0 saturated carbocycles. The lowest BCUT2D eigenvalue weighted by Crippen LogP contribution is -1.86. The van der Waals surface area contributed by atoms with Gasteiger partial charge in [0.1, 0.15) is 11.5 Å². The molecular formula is C14H24O2. The number of hydrogen-bond donors (Lipinski definition) is 1. The Morgan fingerprint density at radius 3 is 2.19 bits per heavy atom. The summed E-state index contributed by atoms with van der Waals surface area (Å²) in [7, 11) is 0. The molecule has 1 N–H and O–H groups in total. The Morgan fingerprint density at radius 2 is 1.56 bits per heavy atom. The summed E-state index contributed by atoms with van der Waals surface area (Å²) in [5.74, 6) is 2.25. The van der Waals surface area contributed by atoms with E-state index >= 15 is 0 Å². The first-order valence-corrected chi connectivity index (χ1v) is 6.55. The molecule has 0 amide bonds. The molecule has 1 aromatic heterocycles. The third-order valence-electron chi connectivity index (χ3n) is 2.83. The van der Waals surface area contributed by atoms with Crippen LogP contribution in [0.2, 0.25) is 0 Å². The largest absolute Gasteiger partial charge is 0.466 e. The van der Waals surface area contributed by atoms with Crippen molar-refractivity contribution in [1.29, 1.82) is 0 Å². The molecular weight excluding hydrogens is 200 g/mol. The fourth-order valence-electron chi connectivity index (χ4n) is 1.81. The van der Waals surface area contributed by atoms with E-state index in [1.54, 1.807) is 0 Å². The van der Waals surface area contributed by atoms with Gasteiger partial charge in [-0.1, -0.05) is 26.2 Å². The van der Waals surface area contributed by atoms with Crippen molar-refractivity contribution >= 4 is 0 Å². The SMILES string of the molecule is CCCCc1ccc(CCCCCCO)o1. The van der Waals surface area contributed by atoms with Gasteiger partial charge in [0.25, 0.3) is 0 Å². The second-order valence-electron chi connectivity index (χ2n) is 4.36. The Kier molecular flexibility index (Phi) is 6.98. The standard InChI is InChI=1S/C14H24O2/c1-2-3-8-13-10-11-14(16-13)9-6-4-5-7-12-15/h10-11,15H,2-9,12H2,1H3. The molecule has 16 heavy (non-hydrogen) atoms. The van der Waals surface area contributed by atoms with Crippen LogP contribution in [-0.2, 0) is 12.8 Å². The third kappa shape index (κ3) is 5.36. The van der Waals surface area contributed by atoms with Crippen LogP contribution in [0.4, 0.5) is 0 Å². The van der Waals surface area contributed by atoms with Crippen molar-refractivity contribution in [3.63, 3.8) is 0 Å². The average molecular weight is 224 g/mol. The summed E-state index contributed by atoms with van der Waals surface area (Å²) in [6.07, 6.45) is 8.95. The zero-order valence-corrected chi connectivity index (χ0v) is 10.4. The van der Waals surface area contributed by atoms with Crippen molar-refractivity contribution in [1.82, 2.24) is 0 Å². The predicted molar refractivity (Wildman–Crippen MR) is 66.6 cm³/mol. The molecule has 0 saturated heterocycles. The summed E-state index contributed by atoms with van der Waals surface area (Å²) >= 11 is 0. The summed E-state index contributed by atoms with van der Waals surface area (Å²) in [5, 5.41) is 8.65. The number of furan rings is 1. The normalized spacial score (nSPS) is 10.9. The smallest absolute Gasteiger partial charge is 0.104 e. The third-order valence-corrected chi connectivity index (χ3v) is 2.83. The van der Waals surface area contributed by atoms with Crippen LogP contribution in [0.25, 0.3) is 0 Å². The van der Waals surface area contributed by atoms with E-state index in [1.165, 1.54) is 25.7 Å². The van der Waals surface area contributed by atoms with E-state index in [2.05, 4.69) is 19.1 Å².